The topological polar surface area (TPSA) is 94.0 Å². The summed E-state index contributed by atoms with van der Waals surface area (Å²) in [6, 6.07) is 14.6. The number of nitrogens with one attached hydrogen (secondary N) is 2. The first kappa shape index (κ1) is 22.0. The molecule has 1 aromatic carbocycles. The molecular formula is C25H26N6O2. The van der Waals surface area contributed by atoms with Crippen LogP contribution in [0.1, 0.15) is 24.5 Å². The third kappa shape index (κ3) is 6.16. The summed E-state index contributed by atoms with van der Waals surface area (Å²) in [5.74, 6) is 0.702. The van der Waals surface area contributed by atoms with E-state index in [4.69, 9.17) is 4.74 Å². The maximum Gasteiger partial charge on any atom is 0.319 e. The van der Waals surface area contributed by atoms with Crippen LogP contribution in [0.2, 0.25) is 0 Å². The van der Waals surface area contributed by atoms with Crippen molar-refractivity contribution in [1.29, 1.82) is 0 Å². The van der Waals surface area contributed by atoms with Gasteiger partial charge in [0.05, 0.1) is 11.9 Å². The normalized spacial score (nSPS) is 10.6. The van der Waals surface area contributed by atoms with Gasteiger partial charge >= 0.3 is 6.03 Å². The van der Waals surface area contributed by atoms with Crippen LogP contribution in [0.3, 0.4) is 0 Å². The Labute approximate surface area is 192 Å². The quantitative estimate of drug-likeness (QED) is 0.393. The summed E-state index contributed by atoms with van der Waals surface area (Å²) in [7, 11) is 0. The second-order valence-corrected chi connectivity index (χ2v) is 7.49. The maximum absolute atomic E-state index is 12.1. The molecule has 4 rings (SSSR count). The van der Waals surface area contributed by atoms with E-state index in [1.165, 1.54) is 0 Å². The fraction of sp³-hybridized carbons (Fsp3) is 0.200. The van der Waals surface area contributed by atoms with E-state index in [2.05, 4.69) is 32.6 Å². The van der Waals surface area contributed by atoms with Gasteiger partial charge in [0.25, 0.3) is 0 Å². The zero-order chi connectivity index (χ0) is 22.9. The summed E-state index contributed by atoms with van der Waals surface area (Å²) in [6.45, 7) is 3.78. The van der Waals surface area contributed by atoms with E-state index < -0.39 is 0 Å². The molecule has 0 aliphatic heterocycles. The first-order valence-corrected chi connectivity index (χ1v) is 10.8. The van der Waals surface area contributed by atoms with Crippen molar-refractivity contribution in [3.8, 4) is 17.0 Å². The highest BCUT2D eigenvalue weighted by Crippen LogP contribution is 2.23. The van der Waals surface area contributed by atoms with Gasteiger partial charge in [-0.15, -0.1) is 0 Å². The SMILES string of the molecule is CCCn1cc(-c2ncccc2COc2ccc(NC(=O)NCc3cccnc3)cc2)cn1. The van der Waals surface area contributed by atoms with E-state index in [1.54, 1.807) is 30.7 Å². The van der Waals surface area contributed by atoms with Crippen molar-refractivity contribution >= 4 is 11.7 Å². The number of ether oxygens (including phenoxy) is 1. The Morgan fingerprint density at radius 1 is 1.06 bits per heavy atom. The van der Waals surface area contributed by atoms with Crippen molar-refractivity contribution in [2.75, 3.05) is 5.32 Å². The average molecular weight is 443 g/mol. The molecule has 0 saturated carbocycles. The third-order valence-corrected chi connectivity index (χ3v) is 4.93. The van der Waals surface area contributed by atoms with Gasteiger partial charge < -0.3 is 15.4 Å². The van der Waals surface area contributed by atoms with Gasteiger partial charge in [-0.2, -0.15) is 5.10 Å². The first-order valence-electron chi connectivity index (χ1n) is 10.8. The van der Waals surface area contributed by atoms with E-state index in [0.29, 0.717) is 24.6 Å². The largest absolute Gasteiger partial charge is 0.489 e. The molecule has 2 N–H and O–H groups in total. The summed E-state index contributed by atoms with van der Waals surface area (Å²) in [5.41, 5.74) is 4.42. The second-order valence-electron chi connectivity index (χ2n) is 7.49. The molecule has 33 heavy (non-hydrogen) atoms. The number of urea groups is 1. The lowest BCUT2D eigenvalue weighted by molar-refractivity contribution is 0.251. The number of carbonyl (C=O) groups excluding carboxylic acids is 1. The Balaban J connectivity index is 1.32. The number of rotatable bonds is 9. The van der Waals surface area contributed by atoms with Crippen LogP contribution in [0.15, 0.2) is 79.5 Å². The number of benzene rings is 1. The molecule has 2 amide bonds. The van der Waals surface area contributed by atoms with Gasteiger partial charge in [0, 0.05) is 54.7 Å². The lowest BCUT2D eigenvalue weighted by Gasteiger charge is -2.11. The van der Waals surface area contributed by atoms with Crippen molar-refractivity contribution in [1.82, 2.24) is 25.1 Å². The fourth-order valence-corrected chi connectivity index (χ4v) is 3.31. The molecule has 168 valence electrons. The van der Waals surface area contributed by atoms with Gasteiger partial charge in [-0.25, -0.2) is 4.79 Å². The Morgan fingerprint density at radius 3 is 2.70 bits per heavy atom. The molecule has 3 heterocycles. The van der Waals surface area contributed by atoms with Crippen molar-refractivity contribution in [2.45, 2.75) is 33.0 Å². The highest BCUT2D eigenvalue weighted by Gasteiger charge is 2.10. The molecule has 0 saturated heterocycles. The highest BCUT2D eigenvalue weighted by atomic mass is 16.5. The van der Waals surface area contributed by atoms with Crippen LogP contribution >= 0.6 is 0 Å². The Hall–Kier alpha value is -4.20. The lowest BCUT2D eigenvalue weighted by atomic mass is 10.1. The molecule has 0 aliphatic rings. The van der Waals surface area contributed by atoms with Crippen molar-refractivity contribution in [2.24, 2.45) is 0 Å². The Morgan fingerprint density at radius 2 is 1.91 bits per heavy atom. The lowest BCUT2D eigenvalue weighted by Crippen LogP contribution is -2.28. The number of carbonyl (C=O) groups is 1. The standard InChI is InChI=1S/C25H26N6O2/c1-2-13-31-17-21(16-29-31)24-20(6-4-12-27-24)18-33-23-9-7-22(8-10-23)30-25(32)28-15-19-5-3-11-26-14-19/h3-12,14,16-17H,2,13,15,18H2,1H3,(H2,28,30,32). The van der Waals surface area contributed by atoms with Crippen LogP contribution < -0.4 is 15.4 Å². The summed E-state index contributed by atoms with van der Waals surface area (Å²) in [6.07, 6.45) is 10.1. The molecule has 0 bridgehead atoms. The summed E-state index contributed by atoms with van der Waals surface area (Å²) >= 11 is 0. The summed E-state index contributed by atoms with van der Waals surface area (Å²) < 4.78 is 7.90. The minimum Gasteiger partial charge on any atom is -0.489 e. The fourth-order valence-electron chi connectivity index (χ4n) is 3.31. The van der Waals surface area contributed by atoms with Gasteiger partial charge in [0.15, 0.2) is 0 Å². The monoisotopic (exact) mass is 442 g/mol. The molecule has 8 heteroatoms. The summed E-state index contributed by atoms with van der Waals surface area (Å²) in [5, 5.41) is 10.0. The third-order valence-electron chi connectivity index (χ3n) is 4.93. The molecule has 0 fully saturated rings. The molecule has 4 aromatic rings. The van der Waals surface area contributed by atoms with Gasteiger partial charge in [-0.1, -0.05) is 19.1 Å². The number of anilines is 1. The van der Waals surface area contributed by atoms with Gasteiger partial charge in [0.2, 0.25) is 0 Å². The minimum atomic E-state index is -0.281. The number of nitrogens with zero attached hydrogens (tertiary/aromatic N) is 4. The molecule has 0 unspecified atom stereocenters. The molecule has 3 aromatic heterocycles. The van der Waals surface area contributed by atoms with E-state index in [9.17, 15) is 4.79 Å². The van der Waals surface area contributed by atoms with Crippen LogP contribution in [0.5, 0.6) is 5.75 Å². The number of aryl methyl sites for hydroxylation is 1. The van der Waals surface area contributed by atoms with Crippen molar-refractivity contribution < 1.29 is 9.53 Å². The first-order chi connectivity index (χ1) is 16.2. The molecular weight excluding hydrogens is 416 g/mol. The zero-order valence-electron chi connectivity index (χ0n) is 18.4. The van der Waals surface area contributed by atoms with Crippen LogP contribution in [0.25, 0.3) is 11.3 Å². The number of aromatic nitrogens is 4. The molecule has 0 aliphatic carbocycles. The average Bonchev–Trinajstić information content (AvgIpc) is 3.32. The van der Waals surface area contributed by atoms with Gasteiger partial charge in [-0.3, -0.25) is 14.6 Å². The van der Waals surface area contributed by atoms with Crippen LogP contribution in [0.4, 0.5) is 10.5 Å². The molecule has 0 atom stereocenters. The van der Waals surface area contributed by atoms with Crippen LogP contribution in [-0.2, 0) is 19.7 Å². The number of amides is 2. The van der Waals surface area contributed by atoms with E-state index in [1.807, 2.05) is 53.5 Å². The predicted octanol–water partition coefficient (Wildman–Crippen LogP) is 4.65. The van der Waals surface area contributed by atoms with E-state index in [-0.39, 0.29) is 6.03 Å². The molecule has 0 spiro atoms. The minimum absolute atomic E-state index is 0.281. The van der Waals surface area contributed by atoms with Crippen molar-refractivity contribution in [3.05, 3.63) is 90.6 Å². The van der Waals surface area contributed by atoms with Crippen LogP contribution in [-0.4, -0.2) is 25.8 Å². The van der Waals surface area contributed by atoms with E-state index in [0.717, 1.165) is 35.3 Å². The van der Waals surface area contributed by atoms with Crippen molar-refractivity contribution in [3.63, 3.8) is 0 Å². The number of hydrogen-bond acceptors (Lipinski definition) is 5. The molecule has 8 nitrogen and oxygen atoms in total. The molecule has 0 radical (unpaired) electrons. The Kier molecular flexibility index (Phi) is 7.27. The van der Waals surface area contributed by atoms with Gasteiger partial charge in [0.1, 0.15) is 12.4 Å². The predicted molar refractivity (Wildman–Crippen MR) is 127 cm³/mol. The Bertz CT molecular complexity index is 1170. The smallest absolute Gasteiger partial charge is 0.319 e. The number of hydrogen-bond donors (Lipinski definition) is 2. The second kappa shape index (κ2) is 10.9. The zero-order valence-corrected chi connectivity index (χ0v) is 18.4. The van der Waals surface area contributed by atoms with Crippen LogP contribution in [0, 0.1) is 0 Å². The van der Waals surface area contributed by atoms with Gasteiger partial charge in [-0.05, 0) is 48.4 Å². The maximum atomic E-state index is 12.1. The number of pyridine rings is 2. The van der Waals surface area contributed by atoms with E-state index >= 15 is 0 Å². The highest BCUT2D eigenvalue weighted by molar-refractivity contribution is 5.89. The summed E-state index contributed by atoms with van der Waals surface area (Å²) in [4.78, 5) is 20.7.